The summed E-state index contributed by atoms with van der Waals surface area (Å²) in [5.41, 5.74) is 0.458. The molecule has 1 unspecified atom stereocenters. The summed E-state index contributed by atoms with van der Waals surface area (Å²) in [7, 11) is 1.78. The molecule has 0 saturated heterocycles. The Morgan fingerprint density at radius 1 is 1.23 bits per heavy atom. The molecule has 0 aliphatic rings. The van der Waals surface area contributed by atoms with Crippen molar-refractivity contribution in [3.05, 3.63) is 0 Å². The minimum Gasteiger partial charge on any atom is -0.385 e. The van der Waals surface area contributed by atoms with E-state index in [1.54, 1.807) is 7.11 Å². The van der Waals surface area contributed by atoms with Crippen molar-refractivity contribution in [2.24, 2.45) is 11.3 Å². The van der Waals surface area contributed by atoms with Crippen LogP contribution in [-0.2, 0) is 4.74 Å². The second kappa shape index (κ2) is 6.42. The molecule has 0 rings (SSSR count). The minimum atomic E-state index is 0.458. The molecule has 0 saturated carbocycles. The van der Waals surface area contributed by atoms with E-state index in [-0.39, 0.29) is 0 Å². The van der Waals surface area contributed by atoms with E-state index in [2.05, 4.69) is 27.7 Å². The third kappa shape index (κ3) is 7.06. The maximum Gasteiger partial charge on any atom is 0.0467 e. The van der Waals surface area contributed by atoms with Crippen LogP contribution in [-0.4, -0.2) is 13.7 Å². The molecule has 0 aromatic carbocycles. The lowest BCUT2D eigenvalue weighted by molar-refractivity contribution is 0.143. The van der Waals surface area contributed by atoms with Gasteiger partial charge in [-0.3, -0.25) is 0 Å². The van der Waals surface area contributed by atoms with E-state index in [9.17, 15) is 0 Å². The number of hydrogen-bond acceptors (Lipinski definition) is 1. The molecule has 0 amide bonds. The van der Waals surface area contributed by atoms with Crippen molar-refractivity contribution < 1.29 is 4.74 Å². The van der Waals surface area contributed by atoms with E-state index in [0.717, 1.165) is 12.5 Å². The number of hydrogen-bond donors (Lipinski definition) is 0. The molecule has 0 bridgehead atoms. The molecule has 0 heterocycles. The van der Waals surface area contributed by atoms with Gasteiger partial charge in [-0.1, -0.05) is 40.5 Å². The predicted molar refractivity (Wildman–Crippen MR) is 59.0 cm³/mol. The number of methoxy groups -OCH3 is 1. The summed E-state index contributed by atoms with van der Waals surface area (Å²) in [5, 5.41) is 0. The molecule has 0 spiro atoms. The quantitative estimate of drug-likeness (QED) is 0.586. The SMILES string of the molecule is CCC(C)CCC(C)(C)CCOC. The van der Waals surface area contributed by atoms with Gasteiger partial charge < -0.3 is 4.74 Å². The van der Waals surface area contributed by atoms with Gasteiger partial charge in [0, 0.05) is 13.7 Å². The third-order valence-corrected chi connectivity index (χ3v) is 2.99. The Labute approximate surface area is 83.9 Å². The Morgan fingerprint density at radius 2 is 1.85 bits per heavy atom. The topological polar surface area (TPSA) is 9.23 Å². The van der Waals surface area contributed by atoms with Crippen molar-refractivity contribution in [2.45, 2.75) is 53.4 Å². The van der Waals surface area contributed by atoms with Crippen LogP contribution in [0.25, 0.3) is 0 Å². The second-order valence-electron chi connectivity index (χ2n) is 4.96. The predicted octanol–water partition coefficient (Wildman–Crippen LogP) is 3.88. The van der Waals surface area contributed by atoms with Crippen molar-refractivity contribution in [2.75, 3.05) is 13.7 Å². The highest BCUT2D eigenvalue weighted by atomic mass is 16.5. The Hall–Kier alpha value is -0.0400. The largest absolute Gasteiger partial charge is 0.385 e. The summed E-state index contributed by atoms with van der Waals surface area (Å²) in [6.45, 7) is 10.2. The van der Waals surface area contributed by atoms with Crippen LogP contribution in [0.3, 0.4) is 0 Å². The van der Waals surface area contributed by atoms with E-state index in [1.807, 2.05) is 0 Å². The summed E-state index contributed by atoms with van der Waals surface area (Å²) < 4.78 is 5.11. The van der Waals surface area contributed by atoms with Gasteiger partial charge in [0.15, 0.2) is 0 Å². The lowest BCUT2D eigenvalue weighted by Crippen LogP contribution is -2.15. The molecule has 0 aromatic rings. The normalized spacial score (nSPS) is 14.5. The number of rotatable bonds is 7. The van der Waals surface area contributed by atoms with E-state index >= 15 is 0 Å². The van der Waals surface area contributed by atoms with Crippen LogP contribution in [0.4, 0.5) is 0 Å². The highest BCUT2D eigenvalue weighted by molar-refractivity contribution is 4.69. The van der Waals surface area contributed by atoms with Gasteiger partial charge in [0.2, 0.25) is 0 Å². The Morgan fingerprint density at radius 3 is 2.31 bits per heavy atom. The minimum absolute atomic E-state index is 0.458. The zero-order chi connectivity index (χ0) is 10.3. The Kier molecular flexibility index (Phi) is 6.40. The van der Waals surface area contributed by atoms with E-state index < -0.39 is 0 Å². The maximum absolute atomic E-state index is 5.11. The van der Waals surface area contributed by atoms with Gasteiger partial charge in [-0.15, -0.1) is 0 Å². The molecule has 1 atom stereocenters. The summed E-state index contributed by atoms with van der Waals surface area (Å²) >= 11 is 0. The first-order valence-electron chi connectivity index (χ1n) is 5.50. The molecule has 0 fully saturated rings. The van der Waals surface area contributed by atoms with Crippen LogP contribution in [0, 0.1) is 11.3 Å². The zero-order valence-electron chi connectivity index (χ0n) is 10.0. The first-order valence-corrected chi connectivity index (χ1v) is 5.50. The van der Waals surface area contributed by atoms with Gasteiger partial charge in [0.1, 0.15) is 0 Å². The molecule has 1 nitrogen and oxygen atoms in total. The highest BCUT2D eigenvalue weighted by Crippen LogP contribution is 2.29. The summed E-state index contributed by atoms with van der Waals surface area (Å²) in [4.78, 5) is 0. The van der Waals surface area contributed by atoms with Crippen LogP contribution >= 0.6 is 0 Å². The molecule has 13 heavy (non-hydrogen) atoms. The highest BCUT2D eigenvalue weighted by Gasteiger charge is 2.17. The lowest BCUT2D eigenvalue weighted by atomic mass is 9.82. The van der Waals surface area contributed by atoms with Crippen molar-refractivity contribution >= 4 is 0 Å². The fourth-order valence-corrected chi connectivity index (χ4v) is 1.34. The van der Waals surface area contributed by atoms with Crippen LogP contribution in [0.1, 0.15) is 53.4 Å². The summed E-state index contributed by atoms with van der Waals surface area (Å²) in [5.74, 6) is 0.877. The van der Waals surface area contributed by atoms with Gasteiger partial charge in [0.05, 0.1) is 0 Å². The Balaban J connectivity index is 3.61. The number of ether oxygens (including phenoxy) is 1. The average molecular weight is 186 g/mol. The second-order valence-corrected chi connectivity index (χ2v) is 4.96. The standard InChI is InChI=1S/C12H26O/c1-6-11(2)7-8-12(3,4)9-10-13-5/h11H,6-10H2,1-5H3. The molecule has 0 aliphatic heterocycles. The summed E-state index contributed by atoms with van der Waals surface area (Å²) in [6.07, 6.45) is 5.17. The van der Waals surface area contributed by atoms with Gasteiger partial charge in [-0.25, -0.2) is 0 Å². The smallest absolute Gasteiger partial charge is 0.0467 e. The maximum atomic E-state index is 5.11. The van der Waals surface area contributed by atoms with Gasteiger partial charge in [-0.2, -0.15) is 0 Å². The monoisotopic (exact) mass is 186 g/mol. The molecule has 80 valence electrons. The summed E-state index contributed by atoms with van der Waals surface area (Å²) in [6, 6.07) is 0. The van der Waals surface area contributed by atoms with Crippen LogP contribution in [0.15, 0.2) is 0 Å². The van der Waals surface area contributed by atoms with Crippen LogP contribution < -0.4 is 0 Å². The fourth-order valence-electron chi connectivity index (χ4n) is 1.34. The first-order chi connectivity index (χ1) is 6.02. The van der Waals surface area contributed by atoms with Crippen LogP contribution in [0.2, 0.25) is 0 Å². The van der Waals surface area contributed by atoms with Gasteiger partial charge in [-0.05, 0) is 24.2 Å². The molecule has 0 radical (unpaired) electrons. The molecular weight excluding hydrogens is 160 g/mol. The van der Waals surface area contributed by atoms with Crippen molar-refractivity contribution in [1.29, 1.82) is 0 Å². The molecule has 1 heteroatoms. The molecule has 0 aliphatic carbocycles. The van der Waals surface area contributed by atoms with Crippen molar-refractivity contribution in [3.63, 3.8) is 0 Å². The Bertz CT molecular complexity index is 118. The van der Waals surface area contributed by atoms with E-state index in [1.165, 1.54) is 25.7 Å². The van der Waals surface area contributed by atoms with E-state index in [0.29, 0.717) is 5.41 Å². The molecular formula is C12H26O. The first kappa shape index (κ1) is 13.0. The van der Waals surface area contributed by atoms with E-state index in [4.69, 9.17) is 4.74 Å². The molecule has 0 aromatic heterocycles. The average Bonchev–Trinajstić information content (AvgIpc) is 2.11. The zero-order valence-corrected chi connectivity index (χ0v) is 10.0. The fraction of sp³-hybridized carbons (Fsp3) is 1.00. The van der Waals surface area contributed by atoms with Crippen LogP contribution in [0.5, 0.6) is 0 Å². The van der Waals surface area contributed by atoms with Crippen molar-refractivity contribution in [3.8, 4) is 0 Å². The third-order valence-electron chi connectivity index (χ3n) is 2.99. The van der Waals surface area contributed by atoms with Gasteiger partial charge in [0.25, 0.3) is 0 Å². The lowest BCUT2D eigenvalue weighted by Gasteiger charge is -2.25. The molecule has 0 N–H and O–H groups in total. The van der Waals surface area contributed by atoms with Gasteiger partial charge >= 0.3 is 0 Å². The van der Waals surface area contributed by atoms with Crippen molar-refractivity contribution in [1.82, 2.24) is 0 Å².